The number of hydrogen-bond donors (Lipinski definition) is 0. The van der Waals surface area contributed by atoms with Gasteiger partial charge in [-0.15, -0.1) is 0 Å². The maximum absolute atomic E-state index is 12.9. The van der Waals surface area contributed by atoms with Crippen LogP contribution in [0, 0.1) is 29.6 Å². The summed E-state index contributed by atoms with van der Waals surface area (Å²) in [7, 11) is -0.447. The van der Waals surface area contributed by atoms with Gasteiger partial charge in [-0.25, -0.2) is 0 Å². The van der Waals surface area contributed by atoms with Gasteiger partial charge in [-0.05, 0) is 42.3 Å². The zero-order valence-electron chi connectivity index (χ0n) is 16.8. The molecule has 0 N–H and O–H groups in total. The largest absolute Gasteiger partial charge is 0.469 e. The molecule has 0 aromatic heterocycles. The van der Waals surface area contributed by atoms with Crippen molar-refractivity contribution >= 4 is 20.1 Å². The van der Waals surface area contributed by atoms with Gasteiger partial charge in [-0.2, -0.15) is 0 Å². The number of carbonyl (C=O) groups excluding carboxylic acids is 2. The minimum absolute atomic E-state index is 0.0225. The maximum atomic E-state index is 12.9. The molecule has 0 spiro atoms. The number of ether oxygens (including phenoxy) is 1. The Morgan fingerprint density at radius 1 is 1.28 bits per heavy atom. The van der Waals surface area contributed by atoms with Crippen molar-refractivity contribution in [3.8, 4) is 0 Å². The standard InChI is InChI=1S/C20H34O4Si/c1-13-8-9-14-10-15(19(22)23-5)11-17(21)18(14)16(13)12-24-25(6,7)20(2,3)4/h8-9,13-16,18H,10-12H2,1-7H3/t13-,14-,15+,16+,18+/m1/s1. The van der Waals surface area contributed by atoms with Crippen LogP contribution in [0.25, 0.3) is 0 Å². The average molecular weight is 367 g/mol. The third-order valence-corrected chi connectivity index (χ3v) is 11.1. The van der Waals surface area contributed by atoms with Gasteiger partial charge in [0, 0.05) is 18.9 Å². The number of hydrogen-bond acceptors (Lipinski definition) is 4. The van der Waals surface area contributed by atoms with E-state index in [2.05, 4.69) is 52.9 Å². The molecule has 1 fully saturated rings. The lowest BCUT2D eigenvalue weighted by Crippen LogP contribution is -2.48. The summed E-state index contributed by atoms with van der Waals surface area (Å²) in [6, 6.07) is 0. The van der Waals surface area contributed by atoms with E-state index >= 15 is 0 Å². The first-order chi connectivity index (χ1) is 11.5. The van der Waals surface area contributed by atoms with Crippen molar-refractivity contribution in [3.63, 3.8) is 0 Å². The molecule has 5 heteroatoms. The smallest absolute Gasteiger partial charge is 0.309 e. The maximum Gasteiger partial charge on any atom is 0.309 e. The van der Waals surface area contributed by atoms with Crippen molar-refractivity contribution in [1.29, 1.82) is 0 Å². The second kappa shape index (κ2) is 7.35. The third-order valence-electron chi connectivity index (χ3n) is 6.61. The summed E-state index contributed by atoms with van der Waals surface area (Å²) in [5, 5.41) is 0.159. The van der Waals surface area contributed by atoms with Crippen molar-refractivity contribution in [1.82, 2.24) is 0 Å². The summed E-state index contributed by atoms with van der Waals surface area (Å²) in [5.74, 6) is 0.290. The van der Waals surface area contributed by atoms with Crippen LogP contribution in [0.5, 0.6) is 0 Å². The van der Waals surface area contributed by atoms with Crippen LogP contribution in [0.3, 0.4) is 0 Å². The SMILES string of the molecule is COC(=O)[C@@H]1CC(=O)[C@@H]2[C@@H](CO[Si](C)(C)C(C)(C)C)[C@H](C)C=C[C@@H]2C1. The minimum Gasteiger partial charge on any atom is -0.469 e. The third kappa shape index (κ3) is 4.25. The molecule has 2 aliphatic carbocycles. The molecule has 0 aromatic rings. The van der Waals surface area contributed by atoms with Gasteiger partial charge >= 0.3 is 5.97 Å². The van der Waals surface area contributed by atoms with E-state index in [9.17, 15) is 9.59 Å². The Balaban J connectivity index is 2.14. The minimum atomic E-state index is -1.84. The highest BCUT2D eigenvalue weighted by atomic mass is 28.4. The monoisotopic (exact) mass is 366 g/mol. The van der Waals surface area contributed by atoms with Crippen LogP contribution in [-0.4, -0.2) is 33.8 Å². The molecule has 4 nitrogen and oxygen atoms in total. The summed E-state index contributed by atoms with van der Waals surface area (Å²) in [6.07, 6.45) is 5.37. The van der Waals surface area contributed by atoms with Crippen LogP contribution in [0.4, 0.5) is 0 Å². The molecular weight excluding hydrogens is 332 g/mol. The summed E-state index contributed by atoms with van der Waals surface area (Å²) in [4.78, 5) is 24.7. The molecule has 25 heavy (non-hydrogen) atoms. The predicted molar refractivity (Wildman–Crippen MR) is 102 cm³/mol. The highest BCUT2D eigenvalue weighted by Gasteiger charge is 2.46. The van der Waals surface area contributed by atoms with Gasteiger partial charge in [0.1, 0.15) is 5.78 Å². The molecule has 0 radical (unpaired) electrons. The van der Waals surface area contributed by atoms with E-state index in [-0.39, 0.29) is 40.5 Å². The highest BCUT2D eigenvalue weighted by molar-refractivity contribution is 6.74. The first-order valence-corrected chi connectivity index (χ1v) is 12.3. The molecule has 0 aromatic carbocycles. The molecule has 0 heterocycles. The Morgan fingerprint density at radius 3 is 2.48 bits per heavy atom. The van der Waals surface area contributed by atoms with E-state index in [0.717, 1.165) is 0 Å². The Bertz CT molecular complexity index is 546. The van der Waals surface area contributed by atoms with Crippen molar-refractivity contribution < 1.29 is 18.8 Å². The molecule has 5 atom stereocenters. The van der Waals surface area contributed by atoms with Gasteiger partial charge < -0.3 is 9.16 Å². The lowest BCUT2D eigenvalue weighted by atomic mass is 9.62. The number of carbonyl (C=O) groups is 2. The molecule has 1 saturated carbocycles. The fourth-order valence-corrected chi connectivity index (χ4v) is 4.88. The molecule has 0 aliphatic heterocycles. The normalized spacial score (nSPS) is 33.1. The molecular formula is C20H34O4Si. The van der Waals surface area contributed by atoms with E-state index in [1.54, 1.807) is 0 Å². The molecule has 2 aliphatic rings. The summed E-state index contributed by atoms with van der Waals surface area (Å²) >= 11 is 0. The molecule has 0 bridgehead atoms. The molecule has 2 rings (SSSR count). The van der Waals surface area contributed by atoms with E-state index < -0.39 is 8.32 Å². The first-order valence-electron chi connectivity index (χ1n) is 9.40. The second-order valence-corrected chi connectivity index (χ2v) is 14.1. The van der Waals surface area contributed by atoms with Gasteiger partial charge in [0.25, 0.3) is 0 Å². The van der Waals surface area contributed by atoms with Crippen LogP contribution in [0.15, 0.2) is 12.2 Å². The second-order valence-electron chi connectivity index (χ2n) is 9.30. The Kier molecular flexibility index (Phi) is 5.99. The van der Waals surface area contributed by atoms with Crippen LogP contribution in [0.2, 0.25) is 18.1 Å². The number of methoxy groups -OCH3 is 1. The van der Waals surface area contributed by atoms with E-state index in [1.807, 2.05) is 0 Å². The Hall–Kier alpha value is -0.943. The Labute approximate surface area is 153 Å². The summed E-state index contributed by atoms with van der Waals surface area (Å²) in [6.45, 7) is 14.0. The van der Waals surface area contributed by atoms with E-state index in [1.165, 1.54) is 7.11 Å². The molecule has 0 unspecified atom stereocenters. The number of ketones is 1. The molecule has 0 amide bonds. The predicted octanol–water partition coefficient (Wildman–Crippen LogP) is 4.21. The fraction of sp³-hybridized carbons (Fsp3) is 0.800. The Morgan fingerprint density at radius 2 is 1.92 bits per heavy atom. The number of allylic oxidation sites excluding steroid dienone is 2. The van der Waals surface area contributed by atoms with Crippen molar-refractivity contribution in [2.75, 3.05) is 13.7 Å². The van der Waals surface area contributed by atoms with E-state index in [0.29, 0.717) is 25.4 Å². The van der Waals surface area contributed by atoms with Crippen molar-refractivity contribution in [2.45, 2.75) is 58.7 Å². The average Bonchev–Trinajstić information content (AvgIpc) is 2.52. The zero-order valence-corrected chi connectivity index (χ0v) is 17.8. The summed E-state index contributed by atoms with van der Waals surface area (Å²) < 4.78 is 11.3. The van der Waals surface area contributed by atoms with Gasteiger partial charge in [0.05, 0.1) is 13.0 Å². The van der Waals surface area contributed by atoms with Gasteiger partial charge in [0.15, 0.2) is 8.32 Å². The zero-order chi connectivity index (χ0) is 19.0. The van der Waals surface area contributed by atoms with Gasteiger partial charge in [-0.1, -0.05) is 39.8 Å². The van der Waals surface area contributed by atoms with Crippen LogP contribution >= 0.6 is 0 Å². The summed E-state index contributed by atoms with van der Waals surface area (Å²) in [5.41, 5.74) is 0. The number of esters is 1. The van der Waals surface area contributed by atoms with Crippen LogP contribution in [-0.2, 0) is 18.8 Å². The number of rotatable bonds is 4. The highest BCUT2D eigenvalue weighted by Crippen LogP contribution is 2.44. The van der Waals surface area contributed by atoms with Crippen LogP contribution in [0.1, 0.15) is 40.5 Å². The topological polar surface area (TPSA) is 52.6 Å². The van der Waals surface area contributed by atoms with E-state index in [4.69, 9.17) is 9.16 Å². The molecule has 142 valence electrons. The lowest BCUT2D eigenvalue weighted by Gasteiger charge is -2.44. The quantitative estimate of drug-likeness (QED) is 0.425. The number of fused-ring (bicyclic) bond motifs is 1. The lowest BCUT2D eigenvalue weighted by molar-refractivity contribution is -0.151. The van der Waals surface area contributed by atoms with Crippen molar-refractivity contribution in [3.05, 3.63) is 12.2 Å². The first kappa shape index (κ1) is 20.4. The number of Topliss-reactive ketones (excluding diaryl/α,β-unsaturated/α-hetero) is 1. The van der Waals surface area contributed by atoms with Gasteiger partial charge in [0.2, 0.25) is 0 Å². The fourth-order valence-electron chi connectivity index (χ4n) is 3.84. The van der Waals surface area contributed by atoms with Crippen molar-refractivity contribution in [2.24, 2.45) is 29.6 Å². The van der Waals surface area contributed by atoms with Gasteiger partial charge in [-0.3, -0.25) is 9.59 Å². The van der Waals surface area contributed by atoms with Crippen LogP contribution < -0.4 is 0 Å². The molecule has 0 saturated heterocycles.